The lowest BCUT2D eigenvalue weighted by Crippen LogP contribution is -2.38. The average molecular weight is 298 g/mol. The molecular weight excluding hydrogens is 264 g/mol. The number of likely N-dealkylation sites (tertiary alicyclic amines) is 1. The Balaban J connectivity index is 2.15. The van der Waals surface area contributed by atoms with Crippen molar-refractivity contribution in [3.63, 3.8) is 0 Å². The van der Waals surface area contributed by atoms with Gasteiger partial charge in [-0.25, -0.2) is 0 Å². The lowest BCUT2D eigenvalue weighted by Gasteiger charge is -2.34. The molecule has 4 nitrogen and oxygen atoms in total. The van der Waals surface area contributed by atoms with Crippen molar-refractivity contribution < 1.29 is 9.53 Å². The monoisotopic (exact) mass is 298 g/mol. The van der Waals surface area contributed by atoms with E-state index in [1.54, 1.807) is 4.90 Å². The fourth-order valence-corrected chi connectivity index (χ4v) is 2.84. The van der Waals surface area contributed by atoms with Crippen molar-refractivity contribution in [1.29, 1.82) is 0 Å². The number of carbonyl (C=O) groups excluding carboxylic acids is 1. The number of carbonyl (C=O) groups is 1. The summed E-state index contributed by atoms with van der Waals surface area (Å²) in [5, 5.41) is 0. The molecule has 1 saturated heterocycles. The van der Waals surface area contributed by atoms with Crippen LogP contribution >= 0.6 is 0 Å². The summed E-state index contributed by atoms with van der Waals surface area (Å²) in [4.78, 5) is 16.3. The van der Waals surface area contributed by atoms with Crippen LogP contribution in [0, 0.1) is 11.8 Å². The van der Waals surface area contributed by atoms with Gasteiger partial charge in [-0.1, -0.05) is 13.8 Å². The summed E-state index contributed by atoms with van der Waals surface area (Å²) in [7, 11) is 1.87. The van der Waals surface area contributed by atoms with Gasteiger partial charge >= 0.3 is 0 Å². The Morgan fingerprint density at radius 3 is 2.38 bits per heavy atom. The SMILES string of the molecule is CC(C)OCCN(C)C(=O)CCN1CCC(C(C)C)CC1. The predicted molar refractivity (Wildman–Crippen MR) is 87.3 cm³/mol. The molecule has 0 unspecified atom stereocenters. The van der Waals surface area contributed by atoms with Crippen molar-refractivity contribution in [3.05, 3.63) is 0 Å². The van der Waals surface area contributed by atoms with Gasteiger partial charge < -0.3 is 14.5 Å². The third kappa shape index (κ3) is 7.28. The number of nitrogens with zero attached hydrogens (tertiary/aromatic N) is 2. The second-order valence-corrected chi connectivity index (χ2v) is 6.91. The maximum Gasteiger partial charge on any atom is 0.223 e. The highest BCUT2D eigenvalue weighted by Crippen LogP contribution is 2.24. The predicted octanol–water partition coefficient (Wildman–Crippen LogP) is 2.63. The molecule has 1 heterocycles. The Bertz CT molecular complexity index is 297. The minimum Gasteiger partial charge on any atom is -0.377 e. The molecule has 124 valence electrons. The summed E-state index contributed by atoms with van der Waals surface area (Å²) in [6.07, 6.45) is 3.43. The van der Waals surface area contributed by atoms with Crippen LogP contribution in [0.4, 0.5) is 0 Å². The summed E-state index contributed by atoms with van der Waals surface area (Å²) < 4.78 is 5.49. The van der Waals surface area contributed by atoms with Crippen LogP contribution in [-0.2, 0) is 9.53 Å². The standard InChI is InChI=1S/C17H34N2O2/c1-14(2)16-6-9-19(10-7-16)11-8-17(20)18(5)12-13-21-15(3)4/h14-16H,6-13H2,1-5H3. The fraction of sp³-hybridized carbons (Fsp3) is 0.941. The van der Waals surface area contributed by atoms with E-state index in [4.69, 9.17) is 4.74 Å². The van der Waals surface area contributed by atoms with Crippen LogP contribution in [0.25, 0.3) is 0 Å². The quantitative estimate of drug-likeness (QED) is 0.690. The third-order valence-electron chi connectivity index (χ3n) is 4.52. The maximum atomic E-state index is 12.1. The molecule has 0 bridgehead atoms. The third-order valence-corrected chi connectivity index (χ3v) is 4.52. The molecule has 0 aromatic rings. The summed E-state index contributed by atoms with van der Waals surface area (Å²) in [5.41, 5.74) is 0. The number of amides is 1. The van der Waals surface area contributed by atoms with Crippen LogP contribution in [0.1, 0.15) is 47.0 Å². The second kappa shape index (κ2) is 9.42. The van der Waals surface area contributed by atoms with Crippen LogP contribution in [0.2, 0.25) is 0 Å². The number of likely N-dealkylation sites (N-methyl/N-ethyl adjacent to an activating group) is 1. The first-order chi connectivity index (χ1) is 9.90. The van der Waals surface area contributed by atoms with E-state index >= 15 is 0 Å². The average Bonchev–Trinajstić information content (AvgIpc) is 2.44. The van der Waals surface area contributed by atoms with Gasteiger partial charge in [-0.3, -0.25) is 4.79 Å². The molecule has 1 rings (SSSR count). The van der Waals surface area contributed by atoms with Gasteiger partial charge in [0.25, 0.3) is 0 Å². The van der Waals surface area contributed by atoms with E-state index in [0.29, 0.717) is 19.6 Å². The fourth-order valence-electron chi connectivity index (χ4n) is 2.84. The van der Waals surface area contributed by atoms with Crippen molar-refractivity contribution in [1.82, 2.24) is 9.80 Å². The topological polar surface area (TPSA) is 32.8 Å². The molecule has 0 spiro atoms. The molecule has 1 aliphatic rings. The van der Waals surface area contributed by atoms with Gasteiger partial charge in [0.05, 0.1) is 12.7 Å². The number of hydrogen-bond donors (Lipinski definition) is 0. The highest BCUT2D eigenvalue weighted by Gasteiger charge is 2.22. The molecule has 0 radical (unpaired) electrons. The van der Waals surface area contributed by atoms with Crippen LogP contribution in [-0.4, -0.2) is 61.6 Å². The van der Waals surface area contributed by atoms with Gasteiger partial charge in [-0.15, -0.1) is 0 Å². The summed E-state index contributed by atoms with van der Waals surface area (Å²) in [6.45, 7) is 13.2. The minimum atomic E-state index is 0.230. The maximum absolute atomic E-state index is 12.1. The van der Waals surface area contributed by atoms with Crippen molar-refractivity contribution in [2.45, 2.75) is 53.1 Å². The Morgan fingerprint density at radius 2 is 1.86 bits per heavy atom. The molecule has 0 aromatic carbocycles. The Morgan fingerprint density at radius 1 is 1.24 bits per heavy atom. The zero-order chi connectivity index (χ0) is 15.8. The first-order valence-corrected chi connectivity index (χ1v) is 8.48. The van der Waals surface area contributed by atoms with Crippen LogP contribution in [0.5, 0.6) is 0 Å². The van der Waals surface area contributed by atoms with E-state index in [0.717, 1.165) is 31.5 Å². The summed E-state index contributed by atoms with van der Waals surface area (Å²) >= 11 is 0. The molecule has 21 heavy (non-hydrogen) atoms. The van der Waals surface area contributed by atoms with Crippen LogP contribution in [0.15, 0.2) is 0 Å². The lowest BCUT2D eigenvalue weighted by molar-refractivity contribution is -0.131. The smallest absolute Gasteiger partial charge is 0.223 e. The summed E-state index contributed by atoms with van der Waals surface area (Å²) in [6, 6.07) is 0. The molecule has 0 aromatic heterocycles. The minimum absolute atomic E-state index is 0.230. The van der Waals surface area contributed by atoms with Gasteiger partial charge in [-0.2, -0.15) is 0 Å². The van der Waals surface area contributed by atoms with Gasteiger partial charge in [0.15, 0.2) is 0 Å². The van der Waals surface area contributed by atoms with Crippen LogP contribution in [0.3, 0.4) is 0 Å². The first kappa shape index (κ1) is 18.4. The Hall–Kier alpha value is -0.610. The molecule has 0 N–H and O–H groups in total. The molecule has 4 heteroatoms. The first-order valence-electron chi connectivity index (χ1n) is 8.48. The van der Waals surface area contributed by atoms with Gasteiger partial charge in [0, 0.05) is 26.6 Å². The normalized spacial score (nSPS) is 17.7. The molecule has 1 amide bonds. The van der Waals surface area contributed by atoms with E-state index < -0.39 is 0 Å². The number of hydrogen-bond acceptors (Lipinski definition) is 3. The Labute approximate surface area is 130 Å². The Kier molecular flexibility index (Phi) is 8.27. The lowest BCUT2D eigenvalue weighted by atomic mass is 9.87. The molecule has 0 aliphatic carbocycles. The molecule has 0 saturated carbocycles. The number of rotatable bonds is 8. The summed E-state index contributed by atoms with van der Waals surface area (Å²) in [5.74, 6) is 1.89. The van der Waals surface area contributed by atoms with E-state index in [1.165, 1.54) is 12.8 Å². The zero-order valence-corrected chi connectivity index (χ0v) is 14.6. The second-order valence-electron chi connectivity index (χ2n) is 6.91. The van der Waals surface area contributed by atoms with Crippen LogP contribution < -0.4 is 0 Å². The van der Waals surface area contributed by atoms with Crippen molar-refractivity contribution in [2.75, 3.05) is 39.8 Å². The van der Waals surface area contributed by atoms with Crippen molar-refractivity contribution >= 4 is 5.91 Å². The van der Waals surface area contributed by atoms with Gasteiger partial charge in [0.1, 0.15) is 0 Å². The largest absolute Gasteiger partial charge is 0.377 e. The number of ether oxygens (including phenoxy) is 1. The zero-order valence-electron chi connectivity index (χ0n) is 14.6. The molecule has 1 aliphatic heterocycles. The molecule has 0 atom stereocenters. The van der Waals surface area contributed by atoms with Crippen molar-refractivity contribution in [3.8, 4) is 0 Å². The van der Waals surface area contributed by atoms with E-state index in [2.05, 4.69) is 18.7 Å². The molecular formula is C17H34N2O2. The highest BCUT2D eigenvalue weighted by molar-refractivity contribution is 5.76. The van der Waals surface area contributed by atoms with E-state index in [1.807, 2.05) is 20.9 Å². The van der Waals surface area contributed by atoms with Gasteiger partial charge in [-0.05, 0) is 51.6 Å². The van der Waals surface area contributed by atoms with Gasteiger partial charge in [0.2, 0.25) is 5.91 Å². The van der Waals surface area contributed by atoms with E-state index in [9.17, 15) is 4.79 Å². The van der Waals surface area contributed by atoms with E-state index in [-0.39, 0.29) is 12.0 Å². The van der Waals surface area contributed by atoms with Crippen molar-refractivity contribution in [2.24, 2.45) is 11.8 Å². The number of piperidine rings is 1. The highest BCUT2D eigenvalue weighted by atomic mass is 16.5. The molecule has 1 fully saturated rings.